The van der Waals surface area contributed by atoms with Crippen LogP contribution in [0.4, 0.5) is 10.2 Å². The third-order valence-corrected chi connectivity index (χ3v) is 10.1. The molecule has 2 amide bonds. The Morgan fingerprint density at radius 3 is 2.26 bits per heavy atom. The number of hydrogen-bond donors (Lipinski definition) is 1. The van der Waals surface area contributed by atoms with Crippen molar-refractivity contribution < 1.29 is 19.1 Å². The average Bonchev–Trinajstić information content (AvgIpc) is 2.99. The molecule has 5 aliphatic rings. The first kappa shape index (κ1) is 27.7. The summed E-state index contributed by atoms with van der Waals surface area (Å²) in [7, 11) is 1.90. The summed E-state index contributed by atoms with van der Waals surface area (Å²) in [4.78, 5) is 35.9. The smallest absolute Gasteiger partial charge is 0.274 e. The summed E-state index contributed by atoms with van der Waals surface area (Å²) in [5, 5.41) is 18.3. The molecule has 10 heteroatoms. The van der Waals surface area contributed by atoms with E-state index in [4.69, 9.17) is 0 Å². The van der Waals surface area contributed by atoms with Gasteiger partial charge >= 0.3 is 0 Å². The number of hydrogen-bond acceptors (Lipinski definition) is 7. The Morgan fingerprint density at radius 1 is 0.953 bits per heavy atom. The molecule has 8 rings (SSSR count). The molecule has 2 aromatic heterocycles. The molecule has 4 aliphatic carbocycles. The van der Waals surface area contributed by atoms with Crippen LogP contribution in [0, 0.1) is 29.0 Å². The number of halogens is 1. The fourth-order valence-electron chi connectivity index (χ4n) is 8.64. The summed E-state index contributed by atoms with van der Waals surface area (Å²) < 4.78 is 14.9. The molecule has 43 heavy (non-hydrogen) atoms. The maximum atomic E-state index is 14.9. The number of aromatic hydroxyl groups is 1. The fraction of sp³-hybridized carbons (Fsp3) is 0.485. The van der Waals surface area contributed by atoms with Crippen molar-refractivity contribution in [2.75, 3.05) is 44.7 Å². The van der Waals surface area contributed by atoms with Crippen LogP contribution in [0.1, 0.15) is 59.4 Å². The van der Waals surface area contributed by atoms with Gasteiger partial charge in [0.05, 0.1) is 6.20 Å². The van der Waals surface area contributed by atoms with Crippen molar-refractivity contribution in [1.29, 1.82) is 0 Å². The number of anilines is 1. The Labute approximate surface area is 250 Å². The normalized spacial score (nSPS) is 26.0. The van der Waals surface area contributed by atoms with Gasteiger partial charge in [-0.3, -0.25) is 14.6 Å². The van der Waals surface area contributed by atoms with E-state index >= 15 is 0 Å². The molecule has 0 radical (unpaired) electrons. The molecular weight excluding hydrogens is 547 g/mol. The Balaban J connectivity index is 0.943. The Hall–Kier alpha value is -4.08. The third-order valence-electron chi connectivity index (χ3n) is 10.1. The van der Waals surface area contributed by atoms with Gasteiger partial charge in [0.1, 0.15) is 11.6 Å². The zero-order chi connectivity index (χ0) is 29.7. The molecule has 3 heterocycles. The van der Waals surface area contributed by atoms with Gasteiger partial charge in [0.2, 0.25) is 0 Å². The van der Waals surface area contributed by atoms with Gasteiger partial charge in [-0.1, -0.05) is 6.07 Å². The molecule has 3 aromatic rings. The zero-order valence-corrected chi connectivity index (χ0v) is 24.5. The van der Waals surface area contributed by atoms with Crippen molar-refractivity contribution in [3.8, 4) is 16.9 Å². The van der Waals surface area contributed by atoms with Crippen LogP contribution in [-0.2, 0) is 0 Å². The van der Waals surface area contributed by atoms with Gasteiger partial charge in [-0.25, -0.2) is 4.39 Å². The molecule has 0 atom stereocenters. The highest BCUT2D eigenvalue weighted by Crippen LogP contribution is 2.60. The lowest BCUT2D eigenvalue weighted by Gasteiger charge is -2.57. The lowest BCUT2D eigenvalue weighted by Crippen LogP contribution is -2.51. The van der Waals surface area contributed by atoms with E-state index in [1.54, 1.807) is 17.0 Å². The highest BCUT2D eigenvalue weighted by atomic mass is 19.1. The van der Waals surface area contributed by atoms with Crippen molar-refractivity contribution in [2.24, 2.45) is 23.2 Å². The second-order valence-electron chi connectivity index (χ2n) is 13.3. The zero-order valence-electron chi connectivity index (χ0n) is 24.5. The molecule has 4 bridgehead atoms. The van der Waals surface area contributed by atoms with Crippen LogP contribution in [0.15, 0.2) is 48.8 Å². The minimum atomic E-state index is -0.551. The molecule has 1 saturated heterocycles. The van der Waals surface area contributed by atoms with Gasteiger partial charge in [-0.15, -0.1) is 10.2 Å². The summed E-state index contributed by atoms with van der Waals surface area (Å²) in [6.45, 7) is 2.81. The summed E-state index contributed by atoms with van der Waals surface area (Å²) in [6, 6.07) is 9.38. The van der Waals surface area contributed by atoms with Gasteiger partial charge in [0, 0.05) is 62.7 Å². The number of amides is 2. The van der Waals surface area contributed by atoms with Gasteiger partial charge in [0.15, 0.2) is 11.5 Å². The second-order valence-corrected chi connectivity index (χ2v) is 13.3. The predicted octanol–water partition coefficient (Wildman–Crippen LogP) is 4.63. The predicted molar refractivity (Wildman–Crippen MR) is 159 cm³/mol. The van der Waals surface area contributed by atoms with Gasteiger partial charge in [-0.05, 0) is 92.0 Å². The maximum absolute atomic E-state index is 14.9. The number of nitrogens with zero attached hydrogens (tertiary/aromatic N) is 6. The van der Waals surface area contributed by atoms with Crippen molar-refractivity contribution in [2.45, 2.75) is 38.5 Å². The molecule has 0 spiro atoms. The quantitative estimate of drug-likeness (QED) is 0.451. The van der Waals surface area contributed by atoms with E-state index in [0.717, 1.165) is 24.3 Å². The molecule has 0 unspecified atom stereocenters. The molecule has 1 aromatic carbocycles. The number of benzene rings is 1. The Kier molecular flexibility index (Phi) is 7.02. The number of rotatable bonds is 6. The third kappa shape index (κ3) is 5.43. The van der Waals surface area contributed by atoms with E-state index in [1.807, 2.05) is 22.9 Å². The SMILES string of the molecule is CN(CC12CC3CC(CC(C3)C1)C2)C(=O)c1ccc(N2CCN(C(=O)c3ccc(-c4cncc(O)c4)c(F)c3)CC2)nn1. The van der Waals surface area contributed by atoms with E-state index in [1.165, 1.54) is 69.1 Å². The monoisotopic (exact) mass is 584 g/mol. The van der Waals surface area contributed by atoms with Crippen molar-refractivity contribution >= 4 is 17.6 Å². The van der Waals surface area contributed by atoms with Crippen LogP contribution >= 0.6 is 0 Å². The largest absolute Gasteiger partial charge is 0.506 e. The van der Waals surface area contributed by atoms with Crippen LogP contribution < -0.4 is 4.90 Å². The van der Waals surface area contributed by atoms with Crippen molar-refractivity contribution in [3.63, 3.8) is 0 Å². The van der Waals surface area contributed by atoms with E-state index in [2.05, 4.69) is 15.2 Å². The van der Waals surface area contributed by atoms with Crippen LogP contribution in [0.25, 0.3) is 11.1 Å². The van der Waals surface area contributed by atoms with E-state index in [9.17, 15) is 19.1 Å². The maximum Gasteiger partial charge on any atom is 0.274 e. The van der Waals surface area contributed by atoms with Crippen molar-refractivity contribution in [3.05, 3.63) is 65.9 Å². The summed E-state index contributed by atoms with van der Waals surface area (Å²) >= 11 is 0. The number of carbonyl (C=O) groups excluding carboxylic acids is 2. The standard InChI is InChI=1S/C33H37FN6O3/c1-38(20-33-15-21-10-22(16-33)12-23(11-21)17-33)32(43)29-4-5-30(37-36-29)39-6-8-40(9-7-39)31(42)24-2-3-27(28(34)14-24)25-13-26(41)19-35-18-25/h2-5,13-14,18-19,21-23,41H,6-12,15-17,20H2,1H3. The molecule has 5 fully saturated rings. The van der Waals surface area contributed by atoms with Gasteiger partial charge < -0.3 is 19.8 Å². The summed E-state index contributed by atoms with van der Waals surface area (Å²) in [6.07, 6.45) is 10.7. The lowest BCUT2D eigenvalue weighted by molar-refractivity contribution is -0.0629. The van der Waals surface area contributed by atoms with Crippen LogP contribution in [0.5, 0.6) is 5.75 Å². The first-order chi connectivity index (χ1) is 20.7. The van der Waals surface area contributed by atoms with Crippen LogP contribution in [0.2, 0.25) is 0 Å². The topological polar surface area (TPSA) is 103 Å². The Morgan fingerprint density at radius 2 is 1.65 bits per heavy atom. The molecule has 224 valence electrons. The van der Waals surface area contributed by atoms with Crippen LogP contribution in [-0.4, -0.2) is 81.7 Å². The molecule has 9 nitrogen and oxygen atoms in total. The van der Waals surface area contributed by atoms with E-state index < -0.39 is 5.82 Å². The Bertz CT molecular complexity index is 1500. The number of pyridine rings is 1. The highest BCUT2D eigenvalue weighted by molar-refractivity contribution is 5.95. The molecule has 1 aliphatic heterocycles. The summed E-state index contributed by atoms with van der Waals surface area (Å²) in [5.41, 5.74) is 1.61. The number of aromatic nitrogens is 3. The fourth-order valence-corrected chi connectivity index (χ4v) is 8.64. The van der Waals surface area contributed by atoms with E-state index in [-0.39, 0.29) is 34.1 Å². The minimum Gasteiger partial charge on any atom is -0.506 e. The molecule has 1 N–H and O–H groups in total. The van der Waals surface area contributed by atoms with E-state index in [0.29, 0.717) is 43.3 Å². The number of carbonyl (C=O) groups is 2. The van der Waals surface area contributed by atoms with Gasteiger partial charge in [0.25, 0.3) is 11.8 Å². The van der Waals surface area contributed by atoms with Crippen molar-refractivity contribution in [1.82, 2.24) is 25.0 Å². The first-order valence-electron chi connectivity index (χ1n) is 15.3. The van der Waals surface area contributed by atoms with Gasteiger partial charge in [-0.2, -0.15) is 0 Å². The minimum absolute atomic E-state index is 0.0550. The average molecular weight is 585 g/mol. The molecular formula is C33H37FN6O3. The summed E-state index contributed by atoms with van der Waals surface area (Å²) in [5.74, 6) is 2.28. The van der Waals surface area contributed by atoms with Crippen LogP contribution in [0.3, 0.4) is 0 Å². The first-order valence-corrected chi connectivity index (χ1v) is 15.3. The number of piperazine rings is 1. The molecule has 4 saturated carbocycles. The highest BCUT2D eigenvalue weighted by Gasteiger charge is 2.51. The second kappa shape index (κ2) is 10.9. The lowest BCUT2D eigenvalue weighted by atomic mass is 9.49.